The largest absolute Gasteiger partial charge is 0.475 e. The van der Waals surface area contributed by atoms with Crippen LogP contribution in [0.5, 0.6) is 5.88 Å². The number of rotatable bonds is 10. The number of hydrogen-bond acceptors (Lipinski definition) is 4. The fourth-order valence-electron chi connectivity index (χ4n) is 2.45. The minimum Gasteiger partial charge on any atom is -0.475 e. The number of nitrogens with one attached hydrogen (secondary N) is 2. The number of benzene rings is 1. The summed E-state index contributed by atoms with van der Waals surface area (Å²) in [6, 6.07) is 14.4. The van der Waals surface area contributed by atoms with Crippen LogP contribution >= 0.6 is 0 Å². The highest BCUT2D eigenvalue weighted by Crippen LogP contribution is 2.13. The summed E-state index contributed by atoms with van der Waals surface area (Å²) in [5, 5.41) is 6.64. The Morgan fingerprint density at radius 2 is 1.92 bits per heavy atom. The lowest BCUT2D eigenvalue weighted by Gasteiger charge is -2.14. The van der Waals surface area contributed by atoms with Gasteiger partial charge in [-0.15, -0.1) is 0 Å². The van der Waals surface area contributed by atoms with Gasteiger partial charge >= 0.3 is 0 Å². The Morgan fingerprint density at radius 3 is 2.69 bits per heavy atom. The number of aromatic nitrogens is 1. The Bertz CT molecular complexity index is 662. The van der Waals surface area contributed by atoms with Crippen LogP contribution in [0.4, 0.5) is 0 Å². The molecule has 2 rings (SSSR count). The fourth-order valence-corrected chi connectivity index (χ4v) is 2.45. The van der Waals surface area contributed by atoms with Gasteiger partial charge in [-0.3, -0.25) is 4.99 Å². The van der Waals surface area contributed by atoms with Gasteiger partial charge in [0.1, 0.15) is 6.61 Å². The zero-order valence-corrected chi connectivity index (χ0v) is 15.6. The summed E-state index contributed by atoms with van der Waals surface area (Å²) in [7, 11) is 3.42. The Labute approximate surface area is 155 Å². The molecule has 0 aliphatic heterocycles. The molecule has 2 aromatic rings. The third kappa shape index (κ3) is 7.11. The average Bonchev–Trinajstić information content (AvgIpc) is 2.69. The molecular formula is C20H28N4O2. The zero-order valence-electron chi connectivity index (χ0n) is 15.6. The number of guanidine groups is 1. The molecule has 140 valence electrons. The minimum absolute atomic E-state index is 0.479. The Kier molecular flexibility index (Phi) is 9.00. The quantitative estimate of drug-likeness (QED) is 0.389. The van der Waals surface area contributed by atoms with Crippen LogP contribution in [0, 0.1) is 0 Å². The predicted molar refractivity (Wildman–Crippen MR) is 105 cm³/mol. The molecule has 26 heavy (non-hydrogen) atoms. The van der Waals surface area contributed by atoms with Crippen molar-refractivity contribution < 1.29 is 9.47 Å². The molecule has 0 radical (unpaired) electrons. The van der Waals surface area contributed by atoms with Gasteiger partial charge in [-0.05, 0) is 24.5 Å². The van der Waals surface area contributed by atoms with Gasteiger partial charge in [0, 0.05) is 39.0 Å². The number of pyridine rings is 1. The van der Waals surface area contributed by atoms with E-state index in [2.05, 4.69) is 44.9 Å². The Morgan fingerprint density at radius 1 is 1.08 bits per heavy atom. The van der Waals surface area contributed by atoms with Crippen molar-refractivity contribution in [1.29, 1.82) is 0 Å². The molecule has 0 bridgehead atoms. The first-order valence-corrected chi connectivity index (χ1v) is 8.87. The van der Waals surface area contributed by atoms with Crippen LogP contribution in [0.15, 0.2) is 53.7 Å². The van der Waals surface area contributed by atoms with Crippen molar-refractivity contribution in [3.63, 3.8) is 0 Å². The van der Waals surface area contributed by atoms with Gasteiger partial charge in [-0.25, -0.2) is 4.98 Å². The molecule has 0 aliphatic rings. The summed E-state index contributed by atoms with van der Waals surface area (Å²) in [6.45, 7) is 2.47. The van der Waals surface area contributed by atoms with Gasteiger partial charge < -0.3 is 20.1 Å². The second-order valence-corrected chi connectivity index (χ2v) is 5.75. The number of ether oxygens (including phenoxy) is 2. The van der Waals surface area contributed by atoms with E-state index in [-0.39, 0.29) is 0 Å². The average molecular weight is 356 g/mol. The molecule has 0 amide bonds. The second-order valence-electron chi connectivity index (χ2n) is 5.75. The van der Waals surface area contributed by atoms with Gasteiger partial charge in [0.15, 0.2) is 5.96 Å². The van der Waals surface area contributed by atoms with Gasteiger partial charge in [-0.2, -0.15) is 0 Å². The van der Waals surface area contributed by atoms with Crippen molar-refractivity contribution in [3.05, 3.63) is 59.8 Å². The highest BCUT2D eigenvalue weighted by molar-refractivity contribution is 5.79. The second kappa shape index (κ2) is 11.9. The summed E-state index contributed by atoms with van der Waals surface area (Å²) in [4.78, 5) is 8.55. The number of aryl methyl sites for hydroxylation is 1. The van der Waals surface area contributed by atoms with E-state index in [0.717, 1.165) is 30.9 Å². The number of nitrogens with zero attached hydrogens (tertiary/aromatic N) is 2. The molecule has 0 atom stereocenters. The van der Waals surface area contributed by atoms with E-state index in [1.165, 1.54) is 5.56 Å². The first-order chi connectivity index (χ1) is 12.8. The van der Waals surface area contributed by atoms with E-state index in [1.807, 2.05) is 18.2 Å². The van der Waals surface area contributed by atoms with Crippen LogP contribution in [-0.4, -0.2) is 44.9 Å². The molecule has 1 aromatic carbocycles. The van der Waals surface area contributed by atoms with Gasteiger partial charge in [-0.1, -0.05) is 36.4 Å². The number of methoxy groups -OCH3 is 1. The number of aliphatic imine (C=N–C) groups is 1. The van der Waals surface area contributed by atoms with E-state index in [0.29, 0.717) is 25.6 Å². The maximum atomic E-state index is 5.65. The van der Waals surface area contributed by atoms with E-state index in [4.69, 9.17) is 9.47 Å². The van der Waals surface area contributed by atoms with E-state index in [9.17, 15) is 0 Å². The third-order valence-corrected chi connectivity index (χ3v) is 3.82. The van der Waals surface area contributed by atoms with Crippen molar-refractivity contribution >= 4 is 5.96 Å². The molecule has 0 saturated heterocycles. The molecule has 0 saturated carbocycles. The number of hydrogen-bond donors (Lipinski definition) is 2. The molecule has 6 heteroatoms. The van der Waals surface area contributed by atoms with Gasteiger partial charge in [0.05, 0.1) is 6.61 Å². The lowest BCUT2D eigenvalue weighted by atomic mass is 10.1. The summed E-state index contributed by atoms with van der Waals surface area (Å²) in [6.07, 6.45) is 3.82. The van der Waals surface area contributed by atoms with E-state index in [1.54, 1.807) is 20.4 Å². The van der Waals surface area contributed by atoms with Crippen molar-refractivity contribution in [2.45, 2.75) is 19.4 Å². The maximum absolute atomic E-state index is 5.65. The van der Waals surface area contributed by atoms with Crippen LogP contribution < -0.4 is 15.4 Å². The van der Waals surface area contributed by atoms with Gasteiger partial charge in [0.25, 0.3) is 0 Å². The lowest BCUT2D eigenvalue weighted by molar-refractivity contribution is 0.143. The SMILES string of the molecule is CN=C(NCCCc1ccccc1)NCc1cccnc1OCCOC. The van der Waals surface area contributed by atoms with Crippen LogP contribution in [-0.2, 0) is 17.7 Å². The van der Waals surface area contributed by atoms with Crippen LogP contribution in [0.3, 0.4) is 0 Å². The summed E-state index contributed by atoms with van der Waals surface area (Å²) in [5.74, 6) is 1.39. The monoisotopic (exact) mass is 356 g/mol. The topological polar surface area (TPSA) is 67.8 Å². The minimum atomic E-state index is 0.479. The lowest BCUT2D eigenvalue weighted by Crippen LogP contribution is -2.37. The van der Waals surface area contributed by atoms with Crippen molar-refractivity contribution in [2.24, 2.45) is 4.99 Å². The third-order valence-electron chi connectivity index (χ3n) is 3.82. The zero-order chi connectivity index (χ0) is 18.5. The molecule has 0 unspecified atom stereocenters. The molecule has 0 spiro atoms. The molecule has 1 aromatic heterocycles. The predicted octanol–water partition coefficient (Wildman–Crippen LogP) is 2.40. The molecule has 1 heterocycles. The van der Waals surface area contributed by atoms with E-state index >= 15 is 0 Å². The highest BCUT2D eigenvalue weighted by Gasteiger charge is 2.06. The fraction of sp³-hybridized carbons (Fsp3) is 0.400. The molecule has 0 aliphatic carbocycles. The Hall–Kier alpha value is -2.60. The molecular weight excluding hydrogens is 328 g/mol. The highest BCUT2D eigenvalue weighted by atomic mass is 16.5. The van der Waals surface area contributed by atoms with Crippen molar-refractivity contribution in [1.82, 2.24) is 15.6 Å². The molecule has 6 nitrogen and oxygen atoms in total. The smallest absolute Gasteiger partial charge is 0.218 e. The first-order valence-electron chi connectivity index (χ1n) is 8.87. The first kappa shape index (κ1) is 19.7. The summed E-state index contributed by atoms with van der Waals surface area (Å²) >= 11 is 0. The summed E-state index contributed by atoms with van der Waals surface area (Å²) in [5.41, 5.74) is 2.33. The standard InChI is InChI=1S/C20H28N4O2/c1-21-20(23-13-6-10-17-8-4-3-5-9-17)24-16-18-11-7-12-22-19(18)26-15-14-25-2/h3-5,7-9,11-12H,6,10,13-16H2,1-2H3,(H2,21,23,24). The van der Waals surface area contributed by atoms with Crippen LogP contribution in [0.2, 0.25) is 0 Å². The normalized spacial score (nSPS) is 11.2. The maximum Gasteiger partial charge on any atom is 0.218 e. The van der Waals surface area contributed by atoms with Crippen LogP contribution in [0.25, 0.3) is 0 Å². The summed E-state index contributed by atoms with van der Waals surface area (Å²) < 4.78 is 10.7. The molecule has 0 fully saturated rings. The van der Waals surface area contributed by atoms with Crippen molar-refractivity contribution in [2.75, 3.05) is 33.9 Å². The van der Waals surface area contributed by atoms with E-state index < -0.39 is 0 Å². The van der Waals surface area contributed by atoms with Crippen molar-refractivity contribution in [3.8, 4) is 5.88 Å². The molecule has 2 N–H and O–H groups in total. The van der Waals surface area contributed by atoms with Crippen LogP contribution in [0.1, 0.15) is 17.5 Å². The van der Waals surface area contributed by atoms with Gasteiger partial charge in [0.2, 0.25) is 5.88 Å². The Balaban J connectivity index is 1.74.